The van der Waals surface area contributed by atoms with Crippen LogP contribution in [0.5, 0.6) is 0 Å². The Labute approximate surface area is 297 Å². The molecule has 0 aromatic rings. The van der Waals surface area contributed by atoms with Crippen molar-refractivity contribution in [3.63, 3.8) is 0 Å². The molecule has 0 radical (unpaired) electrons. The third-order valence-corrected chi connectivity index (χ3v) is 9.72. The normalized spacial score (nSPS) is 21.7. The second kappa shape index (κ2) is 22.0. The van der Waals surface area contributed by atoms with Gasteiger partial charge in [0, 0.05) is 91.3 Å². The van der Waals surface area contributed by atoms with E-state index in [1.54, 1.807) is 10.0 Å². The van der Waals surface area contributed by atoms with Crippen LogP contribution in [-0.4, -0.2) is 208 Å². The number of nitrogens with one attached hydrogen (secondary N) is 1. The molecule has 3 aliphatic rings. The molecule has 3 fully saturated rings. The number of nitrogens with zero attached hydrogens (tertiary/aromatic N) is 7. The molecule has 3 saturated heterocycles. The van der Waals surface area contributed by atoms with E-state index < -0.39 is 5.97 Å². The maximum atomic E-state index is 12.9. The monoisotopic (exact) mass is 724 g/mol. The zero-order chi connectivity index (χ0) is 34.2. The number of carboxylic acids is 1. The molecule has 3 rings (SSSR count). The van der Waals surface area contributed by atoms with Crippen molar-refractivity contribution in [1.29, 1.82) is 0 Å². The Bertz CT molecular complexity index is 999. The molecule has 0 aliphatic carbocycles. The van der Waals surface area contributed by atoms with Crippen molar-refractivity contribution in [3.8, 4) is 0 Å². The number of esters is 1. The first-order valence-corrected chi connectivity index (χ1v) is 17.3. The van der Waals surface area contributed by atoms with Crippen molar-refractivity contribution in [3.05, 3.63) is 6.92 Å². The number of likely N-dealkylation sites (N-methyl/N-ethyl adjacent to an activating group) is 1. The summed E-state index contributed by atoms with van der Waals surface area (Å²) in [6, 6.07) is 0. The Morgan fingerprint density at radius 1 is 0.854 bits per heavy atom. The SMILES string of the molecule is [CH2-]CN(CC[NH+](CCCC(=O)N1CCN(N)CC1)CCN(CCCC(=O)N1CCN(N)CC1)CC[N+]1(C)CCOC(=O)C1)CC(=O)O.[Mn+3]. The number of carbonyl (C=O) groups is 4. The fourth-order valence-electron chi connectivity index (χ4n) is 6.40. The van der Waals surface area contributed by atoms with Gasteiger partial charge in [-0.05, 0) is 13.0 Å². The van der Waals surface area contributed by atoms with Gasteiger partial charge >= 0.3 is 29.0 Å². The Morgan fingerprint density at radius 2 is 1.40 bits per heavy atom. The van der Waals surface area contributed by atoms with E-state index in [0.29, 0.717) is 95.9 Å². The molecule has 0 bridgehead atoms. The number of hydrogen-bond acceptors (Lipinski definition) is 11. The van der Waals surface area contributed by atoms with Crippen LogP contribution < -0.4 is 16.6 Å². The van der Waals surface area contributed by atoms with Crippen molar-refractivity contribution < 1.29 is 55.5 Å². The number of carbonyl (C=O) groups excluding carboxylic acids is 3. The smallest absolute Gasteiger partial charge is 0.480 e. The van der Waals surface area contributed by atoms with Crippen LogP contribution in [0.15, 0.2) is 0 Å². The molecule has 6 N–H and O–H groups in total. The molecule has 17 heteroatoms. The predicted molar refractivity (Wildman–Crippen MR) is 176 cm³/mol. The fourth-order valence-corrected chi connectivity index (χ4v) is 6.40. The summed E-state index contributed by atoms with van der Waals surface area (Å²) in [5.41, 5.74) is 0. The number of rotatable bonds is 20. The molecule has 0 aromatic heterocycles. The minimum atomic E-state index is -0.873. The van der Waals surface area contributed by atoms with Gasteiger partial charge in [-0.1, -0.05) is 0 Å². The Balaban J connectivity index is 0.00000800. The number of carboxylic acid groups (broad SMARTS) is 1. The number of amides is 2. The zero-order valence-corrected chi connectivity index (χ0v) is 30.2. The summed E-state index contributed by atoms with van der Waals surface area (Å²) in [5.74, 6) is 11.0. The Hall–Kier alpha value is -1.92. The van der Waals surface area contributed by atoms with E-state index in [-0.39, 0.29) is 41.4 Å². The predicted octanol–water partition coefficient (Wildman–Crippen LogP) is -4.01. The minimum absolute atomic E-state index is 0. The van der Waals surface area contributed by atoms with Gasteiger partial charge in [0.1, 0.15) is 13.2 Å². The van der Waals surface area contributed by atoms with E-state index >= 15 is 0 Å². The molecule has 16 nitrogen and oxygen atoms in total. The van der Waals surface area contributed by atoms with Gasteiger partial charge in [-0.2, -0.15) is 0 Å². The van der Waals surface area contributed by atoms with Crippen LogP contribution in [0.4, 0.5) is 0 Å². The van der Waals surface area contributed by atoms with E-state index in [2.05, 4.69) is 18.9 Å². The Kier molecular flexibility index (Phi) is 19.4. The summed E-state index contributed by atoms with van der Waals surface area (Å²) in [6.07, 6.45) is 2.42. The second-order valence-corrected chi connectivity index (χ2v) is 13.5. The van der Waals surface area contributed by atoms with Gasteiger partial charge in [0.25, 0.3) is 0 Å². The third kappa shape index (κ3) is 15.7. The number of aliphatic carboxylic acids is 1. The number of quaternary nitrogens is 2. The summed E-state index contributed by atoms with van der Waals surface area (Å²) >= 11 is 0. The van der Waals surface area contributed by atoms with Crippen LogP contribution in [0.3, 0.4) is 0 Å². The number of morpholine rings is 1. The molecular weight excluding hydrogens is 663 g/mol. The molecule has 0 aromatic carbocycles. The molecule has 2 amide bonds. The van der Waals surface area contributed by atoms with Crippen molar-refractivity contribution >= 4 is 23.8 Å². The van der Waals surface area contributed by atoms with Crippen LogP contribution in [0, 0.1) is 6.92 Å². The standard InChI is InChI=1S/C31H60N10O6.Mn/c1-3-34(26-30(44)45)10-11-35(8-4-6-28(42)37-14-18-39(32)19-15-37)12-13-36(22-23-41(2)24-25-47-31(46)27-41)9-5-7-29(43)38-16-20-40(33)21-17-38;/h1,3-27,32-33H2,2H3,(H,44,45);/q;+3/p+1. The van der Waals surface area contributed by atoms with E-state index in [9.17, 15) is 24.3 Å². The topological polar surface area (TPSA) is 174 Å². The number of ether oxygens (including phenoxy) is 1. The molecular formula is C31H61MnN10O6+4. The summed E-state index contributed by atoms with van der Waals surface area (Å²) in [4.78, 5) is 58.5. The molecule has 0 saturated carbocycles. The molecule has 2 unspecified atom stereocenters. The maximum Gasteiger partial charge on any atom is 3.00 e. The average molecular weight is 725 g/mol. The number of hydrogen-bond donors (Lipinski definition) is 4. The first-order valence-electron chi connectivity index (χ1n) is 17.3. The van der Waals surface area contributed by atoms with Crippen LogP contribution in [0.1, 0.15) is 25.7 Å². The number of nitrogens with two attached hydrogens (primary N) is 2. The molecule has 2 atom stereocenters. The maximum absolute atomic E-state index is 12.9. The molecule has 3 heterocycles. The van der Waals surface area contributed by atoms with Crippen molar-refractivity contribution in [1.82, 2.24) is 29.6 Å². The van der Waals surface area contributed by atoms with Gasteiger partial charge in [0.15, 0.2) is 6.54 Å². The summed E-state index contributed by atoms with van der Waals surface area (Å²) in [6.45, 7) is 17.2. The first-order chi connectivity index (χ1) is 22.5. The van der Waals surface area contributed by atoms with Gasteiger partial charge in [-0.3, -0.25) is 31.0 Å². The zero-order valence-electron chi connectivity index (χ0n) is 29.0. The van der Waals surface area contributed by atoms with Crippen molar-refractivity contribution in [2.24, 2.45) is 11.7 Å². The van der Waals surface area contributed by atoms with Gasteiger partial charge in [-0.15, -0.1) is 6.54 Å². The van der Waals surface area contributed by atoms with E-state index in [1.165, 1.54) is 4.90 Å². The van der Waals surface area contributed by atoms with Gasteiger partial charge in [0.05, 0.1) is 39.8 Å². The van der Waals surface area contributed by atoms with Gasteiger partial charge in [-0.25, -0.2) is 14.8 Å². The van der Waals surface area contributed by atoms with E-state index in [4.69, 9.17) is 16.4 Å². The van der Waals surface area contributed by atoms with Crippen molar-refractivity contribution in [2.75, 3.05) is 145 Å². The van der Waals surface area contributed by atoms with Crippen LogP contribution in [0.2, 0.25) is 0 Å². The molecule has 0 spiro atoms. The fraction of sp³-hybridized carbons (Fsp3) is 0.839. The minimum Gasteiger partial charge on any atom is -0.480 e. The van der Waals surface area contributed by atoms with E-state index in [1.807, 2.05) is 14.7 Å². The van der Waals surface area contributed by atoms with E-state index in [0.717, 1.165) is 65.2 Å². The number of piperazine rings is 2. The largest absolute Gasteiger partial charge is 3.00 e. The second-order valence-electron chi connectivity index (χ2n) is 13.5. The van der Waals surface area contributed by atoms with Crippen molar-refractivity contribution in [2.45, 2.75) is 25.7 Å². The van der Waals surface area contributed by atoms with Crippen LogP contribution in [-0.2, 0) is 41.0 Å². The Morgan fingerprint density at radius 3 is 1.92 bits per heavy atom. The first kappa shape index (κ1) is 42.2. The van der Waals surface area contributed by atoms with Gasteiger partial charge in [0.2, 0.25) is 11.8 Å². The number of hydrazine groups is 2. The van der Waals surface area contributed by atoms with Crippen LogP contribution >= 0.6 is 0 Å². The van der Waals surface area contributed by atoms with Crippen LogP contribution in [0.25, 0.3) is 0 Å². The third-order valence-electron chi connectivity index (χ3n) is 9.72. The quantitative estimate of drug-likeness (QED) is 0.0316. The van der Waals surface area contributed by atoms with Gasteiger partial charge < -0.3 is 40.8 Å². The number of cyclic esters (lactones) is 1. The summed E-state index contributed by atoms with van der Waals surface area (Å²) in [5, 5.41) is 12.8. The molecule has 48 heavy (non-hydrogen) atoms. The molecule has 3 aliphatic heterocycles. The molecule has 274 valence electrons. The average Bonchev–Trinajstić information content (AvgIpc) is 3.03. The summed E-state index contributed by atoms with van der Waals surface area (Å²) < 4.78 is 5.81. The summed E-state index contributed by atoms with van der Waals surface area (Å²) in [7, 11) is 2.09.